The number of carbonyl (C=O) groups is 3. The fourth-order valence-corrected chi connectivity index (χ4v) is 3.13. The van der Waals surface area contributed by atoms with Gasteiger partial charge in [0.1, 0.15) is 0 Å². The molecule has 0 saturated carbocycles. The molecule has 1 aromatic carbocycles. The first-order chi connectivity index (χ1) is 17.3. The second-order valence-corrected chi connectivity index (χ2v) is 8.35. The molecule has 2 rings (SSSR count). The number of anilines is 1. The predicted octanol–water partition coefficient (Wildman–Crippen LogP) is 1.96. The Hall–Kier alpha value is -3.39. The molecule has 0 unspecified atom stereocenters. The SMILES string of the molecule is COCCCN=C(Nc1ccc(C(=O)O)cc1)N1CCN(CC(=O)NC(C)C)CC1.O=C(O)C(F)(F)F. The van der Waals surface area contributed by atoms with E-state index in [4.69, 9.17) is 24.7 Å². The van der Waals surface area contributed by atoms with Crippen molar-refractivity contribution in [3.05, 3.63) is 29.8 Å². The van der Waals surface area contributed by atoms with Gasteiger partial charge in [0, 0.05) is 58.2 Å². The van der Waals surface area contributed by atoms with E-state index >= 15 is 0 Å². The van der Waals surface area contributed by atoms with Crippen LogP contribution in [-0.2, 0) is 14.3 Å². The first-order valence-corrected chi connectivity index (χ1v) is 11.5. The number of benzene rings is 1. The van der Waals surface area contributed by atoms with Gasteiger partial charge >= 0.3 is 18.1 Å². The Kier molecular flexibility index (Phi) is 13.4. The first kappa shape index (κ1) is 31.6. The highest BCUT2D eigenvalue weighted by Gasteiger charge is 2.38. The van der Waals surface area contributed by atoms with Crippen molar-refractivity contribution in [2.24, 2.45) is 4.99 Å². The summed E-state index contributed by atoms with van der Waals surface area (Å²) in [5.41, 5.74) is 1.02. The van der Waals surface area contributed by atoms with Crippen molar-refractivity contribution in [3.8, 4) is 0 Å². The summed E-state index contributed by atoms with van der Waals surface area (Å²) >= 11 is 0. The second kappa shape index (κ2) is 15.7. The van der Waals surface area contributed by atoms with E-state index in [1.54, 1.807) is 31.4 Å². The average molecular weight is 534 g/mol. The number of hydrogen-bond donors (Lipinski definition) is 4. The smallest absolute Gasteiger partial charge is 0.478 e. The quantitative estimate of drug-likeness (QED) is 0.213. The predicted molar refractivity (Wildman–Crippen MR) is 131 cm³/mol. The number of amides is 1. The molecule has 0 radical (unpaired) electrons. The zero-order valence-electron chi connectivity index (χ0n) is 21.0. The van der Waals surface area contributed by atoms with Crippen LogP contribution in [0.25, 0.3) is 0 Å². The summed E-state index contributed by atoms with van der Waals surface area (Å²) in [5, 5.41) is 22.4. The van der Waals surface area contributed by atoms with Crippen LogP contribution in [0.2, 0.25) is 0 Å². The summed E-state index contributed by atoms with van der Waals surface area (Å²) in [6.07, 6.45) is -4.27. The van der Waals surface area contributed by atoms with Crippen LogP contribution in [0.1, 0.15) is 30.6 Å². The summed E-state index contributed by atoms with van der Waals surface area (Å²) < 4.78 is 36.8. The van der Waals surface area contributed by atoms with E-state index in [2.05, 4.69) is 20.4 Å². The minimum absolute atomic E-state index is 0.0450. The minimum atomic E-state index is -5.08. The van der Waals surface area contributed by atoms with Crippen LogP contribution in [0.5, 0.6) is 0 Å². The molecule has 0 spiro atoms. The Balaban J connectivity index is 0.000000856. The number of hydrogen-bond acceptors (Lipinski definition) is 6. The summed E-state index contributed by atoms with van der Waals surface area (Å²) in [6.45, 7) is 8.61. The number of carboxylic acid groups (broad SMARTS) is 2. The van der Waals surface area contributed by atoms with Crippen LogP contribution in [-0.4, -0.2) is 109 Å². The normalized spacial score (nSPS) is 14.6. The molecule has 0 bridgehead atoms. The third kappa shape index (κ3) is 12.9. The molecule has 1 heterocycles. The number of aromatic carboxylic acids is 1. The zero-order valence-corrected chi connectivity index (χ0v) is 21.0. The molecule has 1 saturated heterocycles. The third-order valence-corrected chi connectivity index (χ3v) is 4.89. The third-order valence-electron chi connectivity index (χ3n) is 4.89. The largest absolute Gasteiger partial charge is 0.490 e. The molecule has 1 aliphatic rings. The monoisotopic (exact) mass is 533 g/mol. The van der Waals surface area contributed by atoms with Gasteiger partial charge in [0.05, 0.1) is 12.1 Å². The number of aliphatic carboxylic acids is 1. The van der Waals surface area contributed by atoms with Gasteiger partial charge in [-0.25, -0.2) is 9.59 Å². The van der Waals surface area contributed by atoms with Crippen LogP contribution in [0.3, 0.4) is 0 Å². The van der Waals surface area contributed by atoms with E-state index in [0.717, 1.165) is 44.2 Å². The molecule has 37 heavy (non-hydrogen) atoms. The number of aliphatic imine (C=N–C) groups is 1. The van der Waals surface area contributed by atoms with Crippen LogP contribution in [0.4, 0.5) is 18.9 Å². The lowest BCUT2D eigenvalue weighted by Crippen LogP contribution is -2.53. The number of ether oxygens (including phenoxy) is 1. The number of carbonyl (C=O) groups excluding carboxylic acids is 1. The fourth-order valence-electron chi connectivity index (χ4n) is 3.13. The Morgan fingerprint density at radius 2 is 1.65 bits per heavy atom. The number of halogens is 3. The van der Waals surface area contributed by atoms with Gasteiger partial charge in [-0.05, 0) is 44.5 Å². The van der Waals surface area contributed by atoms with Gasteiger partial charge in [-0.3, -0.25) is 14.7 Å². The number of rotatable bonds is 9. The molecule has 14 heteroatoms. The van der Waals surface area contributed by atoms with E-state index < -0.39 is 18.1 Å². The fraction of sp³-hybridized carbons (Fsp3) is 0.565. The maximum Gasteiger partial charge on any atom is 0.490 e. The maximum atomic E-state index is 12.0. The van der Waals surface area contributed by atoms with E-state index in [0.29, 0.717) is 19.7 Å². The Morgan fingerprint density at radius 1 is 1.08 bits per heavy atom. The lowest BCUT2D eigenvalue weighted by atomic mass is 10.2. The molecule has 1 aromatic rings. The Labute approximate surface area is 213 Å². The molecule has 0 aromatic heterocycles. The number of methoxy groups -OCH3 is 1. The highest BCUT2D eigenvalue weighted by atomic mass is 19.4. The second-order valence-electron chi connectivity index (χ2n) is 8.35. The lowest BCUT2D eigenvalue weighted by Gasteiger charge is -2.36. The summed E-state index contributed by atoms with van der Waals surface area (Å²) in [4.78, 5) is 40.9. The number of carboxylic acids is 2. The topological polar surface area (TPSA) is 144 Å². The molecular weight excluding hydrogens is 499 g/mol. The van der Waals surface area contributed by atoms with Crippen molar-refractivity contribution in [3.63, 3.8) is 0 Å². The molecule has 11 nitrogen and oxygen atoms in total. The van der Waals surface area contributed by atoms with E-state index in [1.807, 2.05) is 13.8 Å². The van der Waals surface area contributed by atoms with Gasteiger partial charge < -0.3 is 30.5 Å². The van der Waals surface area contributed by atoms with Gasteiger partial charge in [0.2, 0.25) is 5.91 Å². The van der Waals surface area contributed by atoms with Crippen LogP contribution in [0, 0.1) is 0 Å². The molecule has 1 amide bonds. The highest BCUT2D eigenvalue weighted by Crippen LogP contribution is 2.13. The zero-order chi connectivity index (χ0) is 28.0. The molecule has 4 N–H and O–H groups in total. The van der Waals surface area contributed by atoms with E-state index in [9.17, 15) is 22.8 Å². The van der Waals surface area contributed by atoms with Crippen molar-refractivity contribution in [2.45, 2.75) is 32.5 Å². The molecule has 1 aliphatic heterocycles. The Morgan fingerprint density at radius 3 is 2.11 bits per heavy atom. The number of alkyl halides is 3. The molecular formula is C23H34F3N5O6. The number of guanidine groups is 1. The van der Waals surface area contributed by atoms with Crippen molar-refractivity contribution in [1.29, 1.82) is 0 Å². The highest BCUT2D eigenvalue weighted by molar-refractivity contribution is 5.94. The number of nitrogens with zero attached hydrogens (tertiary/aromatic N) is 3. The first-order valence-electron chi connectivity index (χ1n) is 11.5. The van der Waals surface area contributed by atoms with Crippen LogP contribution >= 0.6 is 0 Å². The molecule has 1 fully saturated rings. The molecule has 0 atom stereocenters. The van der Waals surface area contributed by atoms with Gasteiger partial charge in [0.25, 0.3) is 0 Å². The molecule has 208 valence electrons. The van der Waals surface area contributed by atoms with Crippen LogP contribution < -0.4 is 10.6 Å². The van der Waals surface area contributed by atoms with Gasteiger partial charge in [0.15, 0.2) is 5.96 Å². The van der Waals surface area contributed by atoms with E-state index in [1.165, 1.54) is 0 Å². The minimum Gasteiger partial charge on any atom is -0.478 e. The summed E-state index contributed by atoms with van der Waals surface area (Å²) in [6, 6.07) is 6.75. The van der Waals surface area contributed by atoms with Crippen LogP contribution in [0.15, 0.2) is 29.3 Å². The van der Waals surface area contributed by atoms with Crippen molar-refractivity contribution < 1.29 is 42.5 Å². The molecule has 0 aliphatic carbocycles. The summed E-state index contributed by atoms with van der Waals surface area (Å²) in [7, 11) is 1.67. The maximum absolute atomic E-state index is 12.0. The Bertz CT molecular complexity index is 901. The van der Waals surface area contributed by atoms with Crippen molar-refractivity contribution >= 4 is 29.5 Å². The number of piperazine rings is 1. The lowest BCUT2D eigenvalue weighted by molar-refractivity contribution is -0.192. The van der Waals surface area contributed by atoms with Crippen molar-refractivity contribution in [1.82, 2.24) is 15.1 Å². The van der Waals surface area contributed by atoms with E-state index in [-0.39, 0.29) is 17.5 Å². The van der Waals surface area contributed by atoms with Crippen molar-refractivity contribution in [2.75, 3.05) is 58.3 Å². The van der Waals surface area contributed by atoms with Gasteiger partial charge in [-0.1, -0.05) is 0 Å². The van der Waals surface area contributed by atoms with Gasteiger partial charge in [-0.2, -0.15) is 13.2 Å². The van der Waals surface area contributed by atoms with Gasteiger partial charge in [-0.15, -0.1) is 0 Å². The average Bonchev–Trinajstić information content (AvgIpc) is 2.81. The standard InChI is InChI=1S/C21H33N5O4.C2HF3O2/c1-16(2)23-19(27)15-25-10-12-26(13-11-25)21(22-9-4-14-30-3)24-18-7-5-17(6-8-18)20(28)29;3-2(4,5)1(6)7/h5-8,16H,4,9-15H2,1-3H3,(H,22,24)(H,23,27)(H,28,29);(H,6,7). The number of nitrogens with one attached hydrogen (secondary N) is 2. The summed E-state index contributed by atoms with van der Waals surface area (Å²) in [5.74, 6) is -2.91.